The number of hydrogen-bond acceptors (Lipinski definition) is 3. The van der Waals surface area contributed by atoms with E-state index in [0.717, 1.165) is 11.3 Å². The number of hydrogen-bond donors (Lipinski definition) is 2. The van der Waals surface area contributed by atoms with Crippen LogP contribution in [0.2, 0.25) is 0 Å². The Bertz CT molecular complexity index is 348. The summed E-state index contributed by atoms with van der Waals surface area (Å²) in [5, 5.41) is 13.0. The highest BCUT2D eigenvalue weighted by Gasteiger charge is 2.32. The summed E-state index contributed by atoms with van der Waals surface area (Å²) in [7, 11) is 0. The average Bonchev–Trinajstić information content (AvgIpc) is 2.77. The summed E-state index contributed by atoms with van der Waals surface area (Å²) < 4.78 is 39.3. The van der Waals surface area contributed by atoms with Crippen LogP contribution in [0.3, 0.4) is 0 Å². The average molecular weight is 224 g/mol. The molecule has 1 aliphatic carbocycles. The molecule has 0 spiro atoms. The zero-order chi connectivity index (χ0) is 11.5. The first-order chi connectivity index (χ1) is 6.98. The number of rotatable bonds is 2. The fraction of sp³-hybridized carbons (Fsp3) is 0.429. The highest BCUT2D eigenvalue weighted by Crippen LogP contribution is 2.34. The van der Waals surface area contributed by atoms with Crippen LogP contribution in [0.1, 0.15) is 11.3 Å². The lowest BCUT2D eigenvalue weighted by Crippen LogP contribution is -2.19. The van der Waals surface area contributed by atoms with E-state index in [-0.39, 0.29) is 12.4 Å². The summed E-state index contributed by atoms with van der Waals surface area (Å²) in [6.45, 7) is -1.52. The van der Waals surface area contributed by atoms with Gasteiger partial charge in [-0.05, 0) is 0 Å². The maximum absolute atomic E-state index is 11.6. The molecule has 0 amide bonds. The summed E-state index contributed by atoms with van der Waals surface area (Å²) in [6, 6.07) is 0. The van der Waals surface area contributed by atoms with Crippen LogP contribution >= 0.6 is 0 Å². The van der Waals surface area contributed by atoms with Crippen molar-refractivity contribution in [3.63, 3.8) is 0 Å². The van der Waals surface area contributed by atoms with Crippen molar-refractivity contribution >= 4 is 6.47 Å². The monoisotopic (exact) mass is 224 g/mol. The minimum absolute atomic E-state index is 0.0855. The number of carbonyl (C=O) groups is 1. The van der Waals surface area contributed by atoms with E-state index < -0.39 is 12.8 Å². The molecule has 1 aromatic rings. The molecule has 8 heteroatoms. The number of H-pyrrole nitrogens is 1. The largest absolute Gasteiger partial charge is 0.483 e. The molecule has 0 aliphatic heterocycles. The van der Waals surface area contributed by atoms with Gasteiger partial charge >= 0.3 is 6.18 Å². The number of aromatic amines is 1. The van der Waals surface area contributed by atoms with Crippen molar-refractivity contribution in [3.8, 4) is 5.88 Å². The quantitative estimate of drug-likeness (QED) is 0.745. The van der Waals surface area contributed by atoms with E-state index in [9.17, 15) is 13.2 Å². The highest BCUT2D eigenvalue weighted by atomic mass is 19.4. The standard InChI is InChI=1S/C6H5F3N2O.CH2O2/c7-6(8,9)2-12-5-3-1-4(3)10-11-5;2-1-3/h1-2H2,(H,10,11);1H,(H,2,3). The molecule has 84 valence electrons. The second-order valence-corrected chi connectivity index (χ2v) is 2.67. The molecule has 5 nitrogen and oxygen atoms in total. The third-order valence-electron chi connectivity index (χ3n) is 1.52. The van der Waals surface area contributed by atoms with E-state index in [1.165, 1.54) is 0 Å². The van der Waals surface area contributed by atoms with Gasteiger partial charge in [0.05, 0.1) is 0 Å². The van der Waals surface area contributed by atoms with Crippen LogP contribution in [0.5, 0.6) is 5.88 Å². The van der Waals surface area contributed by atoms with Gasteiger partial charge in [-0.1, -0.05) is 0 Å². The van der Waals surface area contributed by atoms with Crippen LogP contribution in [-0.2, 0) is 11.2 Å². The van der Waals surface area contributed by atoms with Crippen molar-refractivity contribution in [1.82, 2.24) is 10.2 Å². The molecule has 0 atom stereocenters. The summed E-state index contributed by atoms with van der Waals surface area (Å²) in [6.07, 6.45) is -3.61. The zero-order valence-electron chi connectivity index (χ0n) is 7.34. The van der Waals surface area contributed by atoms with Crippen LogP contribution in [0, 0.1) is 0 Å². The zero-order valence-corrected chi connectivity index (χ0v) is 7.34. The highest BCUT2D eigenvalue weighted by molar-refractivity contribution is 5.46. The maximum atomic E-state index is 11.6. The van der Waals surface area contributed by atoms with Gasteiger partial charge in [0.1, 0.15) is 0 Å². The van der Waals surface area contributed by atoms with Crippen molar-refractivity contribution in [3.05, 3.63) is 11.3 Å². The summed E-state index contributed by atoms with van der Waals surface area (Å²) >= 11 is 0. The molecule has 0 bridgehead atoms. The summed E-state index contributed by atoms with van der Waals surface area (Å²) in [5.41, 5.74) is 1.63. The van der Waals surface area contributed by atoms with Crippen molar-refractivity contribution in [2.75, 3.05) is 6.61 Å². The predicted molar refractivity (Wildman–Crippen MR) is 41.6 cm³/mol. The minimum atomic E-state index is -4.29. The molecule has 0 aromatic carbocycles. The van der Waals surface area contributed by atoms with E-state index in [4.69, 9.17) is 9.90 Å². The topological polar surface area (TPSA) is 75.2 Å². The van der Waals surface area contributed by atoms with Gasteiger partial charge in [-0.3, -0.25) is 9.89 Å². The van der Waals surface area contributed by atoms with Gasteiger partial charge in [-0.2, -0.15) is 13.2 Å². The first-order valence-electron chi connectivity index (χ1n) is 3.81. The van der Waals surface area contributed by atoms with Gasteiger partial charge in [0.15, 0.2) is 6.61 Å². The van der Waals surface area contributed by atoms with Gasteiger partial charge in [-0.25, -0.2) is 0 Å². The second-order valence-electron chi connectivity index (χ2n) is 2.67. The fourth-order valence-corrected chi connectivity index (χ4v) is 0.900. The Morgan fingerprint density at radius 1 is 1.60 bits per heavy atom. The third-order valence-corrected chi connectivity index (χ3v) is 1.52. The molecule has 0 saturated carbocycles. The molecular formula is C7H7F3N2O3. The Hall–Kier alpha value is -1.73. The van der Waals surface area contributed by atoms with Crippen LogP contribution in [-0.4, -0.2) is 34.6 Å². The number of carboxylic acid groups (broad SMARTS) is 1. The smallest absolute Gasteiger partial charge is 0.422 e. The van der Waals surface area contributed by atoms with E-state index >= 15 is 0 Å². The first-order valence-corrected chi connectivity index (χ1v) is 3.81. The van der Waals surface area contributed by atoms with Crippen LogP contribution in [0.4, 0.5) is 13.2 Å². The summed E-state index contributed by atoms with van der Waals surface area (Å²) in [5.74, 6) is 0.0855. The van der Waals surface area contributed by atoms with Gasteiger partial charge in [0.2, 0.25) is 5.88 Å². The van der Waals surface area contributed by atoms with Crippen LogP contribution in [0.15, 0.2) is 0 Å². The Balaban J connectivity index is 0.000000337. The van der Waals surface area contributed by atoms with Gasteiger partial charge < -0.3 is 9.84 Å². The number of ether oxygens (including phenoxy) is 1. The van der Waals surface area contributed by atoms with Crippen molar-refractivity contribution in [2.45, 2.75) is 12.6 Å². The molecule has 0 saturated heterocycles. The van der Waals surface area contributed by atoms with Gasteiger partial charge in [0.25, 0.3) is 6.47 Å². The second kappa shape index (κ2) is 4.20. The van der Waals surface area contributed by atoms with Gasteiger partial charge in [0, 0.05) is 17.7 Å². The Morgan fingerprint density at radius 2 is 2.20 bits per heavy atom. The van der Waals surface area contributed by atoms with E-state index in [2.05, 4.69) is 14.9 Å². The van der Waals surface area contributed by atoms with E-state index in [1.54, 1.807) is 0 Å². The first kappa shape index (κ1) is 11.3. The Kier molecular flexibility index (Phi) is 3.17. The van der Waals surface area contributed by atoms with Gasteiger partial charge in [-0.15, -0.1) is 5.10 Å². The van der Waals surface area contributed by atoms with Crippen LogP contribution in [0.25, 0.3) is 0 Å². The van der Waals surface area contributed by atoms with Crippen LogP contribution < -0.4 is 4.74 Å². The lowest BCUT2D eigenvalue weighted by Gasteiger charge is -2.05. The molecule has 0 fully saturated rings. The van der Waals surface area contributed by atoms with Crippen molar-refractivity contribution < 1.29 is 27.8 Å². The molecule has 15 heavy (non-hydrogen) atoms. The normalized spacial score (nSPS) is 12.2. The lowest BCUT2D eigenvalue weighted by molar-refractivity contribution is -0.154. The minimum Gasteiger partial charge on any atom is -0.483 e. The number of aromatic nitrogens is 2. The third kappa shape index (κ3) is 3.49. The van der Waals surface area contributed by atoms with Crippen molar-refractivity contribution in [1.29, 1.82) is 0 Å². The number of nitrogens with one attached hydrogen (secondary N) is 1. The molecule has 1 heterocycles. The van der Waals surface area contributed by atoms with Crippen molar-refractivity contribution in [2.24, 2.45) is 0 Å². The number of nitrogens with zero attached hydrogens (tertiary/aromatic N) is 1. The molecular weight excluding hydrogens is 217 g/mol. The molecule has 0 unspecified atom stereocenters. The fourth-order valence-electron chi connectivity index (χ4n) is 0.900. The number of alkyl halides is 3. The number of fused-ring (bicyclic) bond motifs is 1. The summed E-state index contributed by atoms with van der Waals surface area (Å²) in [4.78, 5) is 8.36. The Morgan fingerprint density at radius 3 is 2.53 bits per heavy atom. The molecule has 2 N–H and O–H groups in total. The molecule has 2 rings (SSSR count). The Labute approximate surface area is 81.9 Å². The number of halogens is 3. The maximum Gasteiger partial charge on any atom is 0.422 e. The molecule has 1 aliphatic rings. The van der Waals surface area contributed by atoms with E-state index in [1.807, 2.05) is 0 Å². The molecule has 0 radical (unpaired) electrons. The lowest BCUT2D eigenvalue weighted by atomic mass is 10.6. The predicted octanol–water partition coefficient (Wildman–Crippen LogP) is 0.956. The van der Waals surface area contributed by atoms with E-state index in [0.29, 0.717) is 6.42 Å². The SMILES string of the molecule is FC(F)(F)COc1n[nH]c2c1C2.O=CO. The molecule has 1 aromatic heterocycles.